The van der Waals surface area contributed by atoms with E-state index in [9.17, 15) is 27.6 Å². The van der Waals surface area contributed by atoms with Crippen LogP contribution in [0.5, 0.6) is 0 Å². The number of amides is 3. The Morgan fingerprint density at radius 2 is 1.75 bits per heavy atom. The second kappa shape index (κ2) is 7.41. The van der Waals surface area contributed by atoms with Gasteiger partial charge in [0.15, 0.2) is 0 Å². The van der Waals surface area contributed by atoms with Crippen molar-refractivity contribution in [2.24, 2.45) is 0 Å². The lowest BCUT2D eigenvalue weighted by Gasteiger charge is -2.32. The Hall–Kier alpha value is -3.24. The molecule has 28 heavy (non-hydrogen) atoms. The molecule has 0 aliphatic carbocycles. The SMILES string of the molecule is CCC(=O)N1CC(=O)N(Cc2ccc(-c3noc(C(F)(F)F)n3)cc2)C(=O)C1. The summed E-state index contributed by atoms with van der Waals surface area (Å²) in [5.74, 6) is -2.92. The van der Waals surface area contributed by atoms with Gasteiger partial charge in [-0.1, -0.05) is 36.3 Å². The van der Waals surface area contributed by atoms with Crippen molar-refractivity contribution >= 4 is 17.7 Å². The molecule has 0 saturated carbocycles. The molecule has 8 nitrogen and oxygen atoms in total. The molecule has 1 aromatic heterocycles. The number of hydrogen-bond acceptors (Lipinski definition) is 6. The van der Waals surface area contributed by atoms with Gasteiger partial charge in [-0.3, -0.25) is 19.3 Å². The van der Waals surface area contributed by atoms with E-state index in [-0.39, 0.29) is 37.8 Å². The van der Waals surface area contributed by atoms with Crippen LogP contribution in [-0.2, 0) is 27.1 Å². The zero-order valence-corrected chi connectivity index (χ0v) is 14.7. The fraction of sp³-hybridized carbons (Fsp3) is 0.353. The van der Waals surface area contributed by atoms with Gasteiger partial charge in [0.05, 0.1) is 6.54 Å². The molecule has 0 atom stereocenters. The van der Waals surface area contributed by atoms with E-state index in [1.165, 1.54) is 17.0 Å². The topological polar surface area (TPSA) is 96.6 Å². The molecule has 148 valence electrons. The number of carbonyl (C=O) groups is 3. The molecule has 3 rings (SSSR count). The second-order valence-corrected chi connectivity index (χ2v) is 6.09. The Bertz CT molecular complexity index is 890. The van der Waals surface area contributed by atoms with E-state index >= 15 is 0 Å². The van der Waals surface area contributed by atoms with Gasteiger partial charge < -0.3 is 9.42 Å². The third kappa shape index (κ3) is 4.02. The van der Waals surface area contributed by atoms with E-state index in [0.29, 0.717) is 11.1 Å². The molecular formula is C17H15F3N4O4. The molecule has 0 bridgehead atoms. The van der Waals surface area contributed by atoms with Crippen molar-refractivity contribution in [2.45, 2.75) is 26.1 Å². The average molecular weight is 396 g/mol. The van der Waals surface area contributed by atoms with Crippen molar-refractivity contribution in [1.82, 2.24) is 19.9 Å². The van der Waals surface area contributed by atoms with Crippen LogP contribution in [0, 0.1) is 0 Å². The van der Waals surface area contributed by atoms with Gasteiger partial charge in [-0.15, -0.1) is 0 Å². The smallest absolute Gasteiger partial charge is 0.329 e. The fourth-order valence-corrected chi connectivity index (χ4v) is 2.67. The van der Waals surface area contributed by atoms with E-state index in [4.69, 9.17) is 0 Å². The first-order valence-electron chi connectivity index (χ1n) is 8.30. The number of carbonyl (C=O) groups excluding carboxylic acids is 3. The van der Waals surface area contributed by atoms with Crippen LogP contribution in [-0.4, -0.2) is 50.8 Å². The Morgan fingerprint density at radius 3 is 2.25 bits per heavy atom. The minimum absolute atomic E-state index is 0.00779. The average Bonchev–Trinajstić information content (AvgIpc) is 3.15. The lowest BCUT2D eigenvalue weighted by atomic mass is 10.1. The zero-order valence-electron chi connectivity index (χ0n) is 14.7. The van der Waals surface area contributed by atoms with E-state index in [1.807, 2.05) is 0 Å². The Labute approximate surface area is 156 Å². The van der Waals surface area contributed by atoms with Crippen LogP contribution in [0.15, 0.2) is 28.8 Å². The summed E-state index contributed by atoms with van der Waals surface area (Å²) in [5, 5.41) is 3.29. The number of nitrogens with zero attached hydrogens (tertiary/aromatic N) is 4. The van der Waals surface area contributed by atoms with Crippen LogP contribution in [0.3, 0.4) is 0 Å². The molecular weight excluding hydrogens is 381 g/mol. The summed E-state index contributed by atoms with van der Waals surface area (Å²) in [7, 11) is 0. The highest BCUT2D eigenvalue weighted by Gasteiger charge is 2.38. The highest BCUT2D eigenvalue weighted by atomic mass is 19.4. The summed E-state index contributed by atoms with van der Waals surface area (Å²) in [6.07, 6.45) is -4.53. The first kappa shape index (κ1) is 19.5. The Kier molecular flexibility index (Phi) is 5.16. The summed E-state index contributed by atoms with van der Waals surface area (Å²) in [4.78, 5) is 41.6. The maximum Gasteiger partial charge on any atom is 0.471 e. The summed E-state index contributed by atoms with van der Waals surface area (Å²) < 4.78 is 41.8. The van der Waals surface area contributed by atoms with Crippen molar-refractivity contribution in [2.75, 3.05) is 13.1 Å². The largest absolute Gasteiger partial charge is 0.471 e. The number of alkyl halides is 3. The number of halogens is 3. The second-order valence-electron chi connectivity index (χ2n) is 6.09. The molecule has 2 aromatic rings. The predicted molar refractivity (Wildman–Crippen MR) is 87.2 cm³/mol. The van der Waals surface area contributed by atoms with Crippen LogP contribution < -0.4 is 0 Å². The molecule has 0 unspecified atom stereocenters. The number of piperazine rings is 1. The van der Waals surface area contributed by atoms with Gasteiger partial charge in [0.2, 0.25) is 23.5 Å². The molecule has 1 aliphatic rings. The minimum Gasteiger partial charge on any atom is -0.329 e. The van der Waals surface area contributed by atoms with Crippen LogP contribution in [0.4, 0.5) is 13.2 Å². The molecule has 0 spiro atoms. The lowest BCUT2D eigenvalue weighted by Crippen LogP contribution is -2.55. The summed E-state index contributed by atoms with van der Waals surface area (Å²) >= 11 is 0. The Balaban J connectivity index is 1.69. The van der Waals surface area contributed by atoms with Gasteiger partial charge in [0, 0.05) is 12.0 Å². The predicted octanol–water partition coefficient (Wildman–Crippen LogP) is 1.86. The maximum atomic E-state index is 12.5. The van der Waals surface area contributed by atoms with Crippen LogP contribution in [0.25, 0.3) is 11.4 Å². The van der Waals surface area contributed by atoms with Crippen molar-refractivity contribution in [1.29, 1.82) is 0 Å². The van der Waals surface area contributed by atoms with Crippen molar-refractivity contribution < 1.29 is 32.1 Å². The minimum atomic E-state index is -4.73. The summed E-state index contributed by atoms with van der Waals surface area (Å²) in [5.41, 5.74) is 0.874. The molecule has 1 aliphatic heterocycles. The van der Waals surface area contributed by atoms with Gasteiger partial charge >= 0.3 is 12.1 Å². The van der Waals surface area contributed by atoms with Gasteiger partial charge in [0.25, 0.3) is 0 Å². The molecule has 2 heterocycles. The molecule has 1 saturated heterocycles. The van der Waals surface area contributed by atoms with Crippen molar-refractivity contribution in [3.8, 4) is 11.4 Å². The van der Waals surface area contributed by atoms with Gasteiger partial charge in [-0.05, 0) is 5.56 Å². The standard InChI is InChI=1S/C17H15F3N4O4/c1-2-12(25)23-8-13(26)24(14(27)9-23)7-10-3-5-11(6-4-10)15-21-16(28-22-15)17(18,19)20/h3-6H,2,7-9H2,1H3. The zero-order chi connectivity index (χ0) is 20.5. The number of imide groups is 1. The van der Waals surface area contributed by atoms with Crippen molar-refractivity contribution in [3.05, 3.63) is 35.7 Å². The highest BCUT2D eigenvalue weighted by Crippen LogP contribution is 2.29. The quantitative estimate of drug-likeness (QED) is 0.732. The number of aromatic nitrogens is 2. The molecule has 1 aromatic carbocycles. The summed E-state index contributed by atoms with van der Waals surface area (Å²) in [6.45, 7) is 1.30. The van der Waals surface area contributed by atoms with E-state index < -0.39 is 23.9 Å². The van der Waals surface area contributed by atoms with Crippen LogP contribution in [0.2, 0.25) is 0 Å². The third-order valence-electron chi connectivity index (χ3n) is 4.13. The molecule has 0 radical (unpaired) electrons. The molecule has 11 heteroatoms. The van der Waals surface area contributed by atoms with Gasteiger partial charge in [-0.2, -0.15) is 18.2 Å². The van der Waals surface area contributed by atoms with Crippen LogP contribution in [0.1, 0.15) is 24.8 Å². The summed E-state index contributed by atoms with van der Waals surface area (Å²) in [6, 6.07) is 6.02. The highest BCUT2D eigenvalue weighted by molar-refractivity contribution is 6.02. The van der Waals surface area contributed by atoms with Gasteiger partial charge in [-0.25, -0.2) is 0 Å². The van der Waals surface area contributed by atoms with E-state index in [1.54, 1.807) is 19.1 Å². The van der Waals surface area contributed by atoms with Crippen LogP contribution >= 0.6 is 0 Å². The fourth-order valence-electron chi connectivity index (χ4n) is 2.67. The number of rotatable bonds is 4. The number of hydrogen-bond donors (Lipinski definition) is 0. The normalized spacial score (nSPS) is 15.3. The monoisotopic (exact) mass is 396 g/mol. The van der Waals surface area contributed by atoms with Gasteiger partial charge in [0.1, 0.15) is 13.1 Å². The van der Waals surface area contributed by atoms with Crippen molar-refractivity contribution in [3.63, 3.8) is 0 Å². The maximum absolute atomic E-state index is 12.5. The first-order chi connectivity index (χ1) is 13.2. The van der Waals surface area contributed by atoms with E-state index in [2.05, 4.69) is 14.7 Å². The van der Waals surface area contributed by atoms with E-state index in [0.717, 1.165) is 4.90 Å². The first-order valence-corrected chi connectivity index (χ1v) is 8.30. The molecule has 3 amide bonds. The Morgan fingerprint density at radius 1 is 1.14 bits per heavy atom. The number of benzene rings is 1. The third-order valence-corrected chi connectivity index (χ3v) is 4.13. The molecule has 1 fully saturated rings. The molecule has 0 N–H and O–H groups in total. The lowest BCUT2D eigenvalue weighted by molar-refractivity contribution is -0.159.